The SMILES string of the molecule is CC(N)=NC1CC1.CCCC(=N)c1cc(C)n(CCc2ccc(C)cc2)c1C. The monoisotopic (exact) mass is 380 g/mol. The van der Waals surface area contributed by atoms with Crippen molar-refractivity contribution in [2.24, 2.45) is 10.7 Å². The maximum Gasteiger partial charge on any atom is 0.0909 e. The van der Waals surface area contributed by atoms with Gasteiger partial charge in [-0.3, -0.25) is 4.99 Å². The average Bonchev–Trinajstić information content (AvgIpc) is 3.40. The molecule has 0 spiro atoms. The Bertz CT molecular complexity index is 804. The first-order valence-electron chi connectivity index (χ1n) is 10.4. The Morgan fingerprint density at radius 1 is 1.18 bits per heavy atom. The molecule has 1 saturated carbocycles. The lowest BCUT2D eigenvalue weighted by Gasteiger charge is -2.10. The van der Waals surface area contributed by atoms with E-state index in [1.807, 2.05) is 6.92 Å². The first kappa shape index (κ1) is 21.9. The second-order valence-corrected chi connectivity index (χ2v) is 7.90. The van der Waals surface area contributed by atoms with Crippen molar-refractivity contribution in [3.8, 4) is 0 Å². The van der Waals surface area contributed by atoms with Crippen LogP contribution in [-0.4, -0.2) is 22.2 Å². The summed E-state index contributed by atoms with van der Waals surface area (Å²) < 4.78 is 2.35. The number of rotatable bonds is 7. The molecule has 1 aromatic heterocycles. The number of nitrogens with two attached hydrogens (primary N) is 1. The van der Waals surface area contributed by atoms with Crippen LogP contribution in [0.4, 0.5) is 0 Å². The summed E-state index contributed by atoms with van der Waals surface area (Å²) in [6.45, 7) is 11.4. The number of amidine groups is 1. The fourth-order valence-corrected chi connectivity index (χ4v) is 3.32. The molecular weight excluding hydrogens is 344 g/mol. The summed E-state index contributed by atoms with van der Waals surface area (Å²) in [4.78, 5) is 4.08. The number of aromatic nitrogens is 1. The highest BCUT2D eigenvalue weighted by Crippen LogP contribution is 2.23. The van der Waals surface area contributed by atoms with Gasteiger partial charge in [0.1, 0.15) is 0 Å². The molecular formula is C24H36N4. The molecule has 0 atom stereocenters. The number of benzene rings is 1. The van der Waals surface area contributed by atoms with Crippen LogP contribution in [0.15, 0.2) is 35.3 Å². The standard InChI is InChI=1S/C19H26N2.C5H10N2/c1-5-6-19(20)18-13-15(3)21(16(18)4)12-11-17-9-7-14(2)8-10-17;1-4(6)7-5-2-3-5/h7-10,13,20H,5-6,11-12H2,1-4H3;5H,2-3H2,1H3,(H2,6,7). The summed E-state index contributed by atoms with van der Waals surface area (Å²) in [5.41, 5.74) is 12.4. The van der Waals surface area contributed by atoms with Crippen LogP contribution in [0.25, 0.3) is 0 Å². The van der Waals surface area contributed by atoms with E-state index >= 15 is 0 Å². The van der Waals surface area contributed by atoms with Crippen molar-refractivity contribution >= 4 is 11.5 Å². The van der Waals surface area contributed by atoms with Crippen LogP contribution in [0, 0.1) is 26.2 Å². The van der Waals surface area contributed by atoms with Gasteiger partial charge in [-0.1, -0.05) is 43.2 Å². The van der Waals surface area contributed by atoms with E-state index in [9.17, 15) is 0 Å². The third-order valence-electron chi connectivity index (χ3n) is 5.08. The predicted octanol–water partition coefficient (Wildman–Crippen LogP) is 5.35. The molecule has 3 N–H and O–H groups in total. The van der Waals surface area contributed by atoms with E-state index in [0.29, 0.717) is 6.04 Å². The van der Waals surface area contributed by atoms with Crippen molar-refractivity contribution in [2.75, 3.05) is 0 Å². The molecule has 28 heavy (non-hydrogen) atoms. The Balaban J connectivity index is 0.000000336. The van der Waals surface area contributed by atoms with Gasteiger partial charge in [-0.05, 0) is 65.0 Å². The number of aryl methyl sites for hydroxylation is 3. The van der Waals surface area contributed by atoms with Crippen LogP contribution < -0.4 is 5.73 Å². The summed E-state index contributed by atoms with van der Waals surface area (Å²) in [6.07, 6.45) is 5.42. The topological polar surface area (TPSA) is 67.2 Å². The van der Waals surface area contributed by atoms with Crippen LogP contribution in [0.3, 0.4) is 0 Å². The van der Waals surface area contributed by atoms with E-state index < -0.39 is 0 Å². The largest absolute Gasteiger partial charge is 0.388 e. The Labute approximate surface area is 170 Å². The molecule has 2 aromatic rings. The van der Waals surface area contributed by atoms with E-state index in [0.717, 1.165) is 42.9 Å². The Morgan fingerprint density at radius 3 is 2.32 bits per heavy atom. The third-order valence-corrected chi connectivity index (χ3v) is 5.08. The van der Waals surface area contributed by atoms with Gasteiger partial charge in [-0.15, -0.1) is 0 Å². The normalized spacial score (nSPS) is 13.8. The maximum atomic E-state index is 8.19. The summed E-state index contributed by atoms with van der Waals surface area (Å²) in [7, 11) is 0. The molecule has 4 heteroatoms. The zero-order valence-corrected chi connectivity index (χ0v) is 18.2. The Morgan fingerprint density at radius 2 is 1.82 bits per heavy atom. The van der Waals surface area contributed by atoms with Gasteiger partial charge in [0.2, 0.25) is 0 Å². The van der Waals surface area contributed by atoms with Gasteiger partial charge < -0.3 is 15.7 Å². The number of hydrogen-bond donors (Lipinski definition) is 2. The fourth-order valence-electron chi connectivity index (χ4n) is 3.32. The van der Waals surface area contributed by atoms with Gasteiger partial charge in [-0.2, -0.15) is 0 Å². The van der Waals surface area contributed by atoms with E-state index in [-0.39, 0.29) is 0 Å². The first-order valence-corrected chi connectivity index (χ1v) is 10.4. The van der Waals surface area contributed by atoms with Crippen LogP contribution in [0.1, 0.15) is 67.6 Å². The minimum Gasteiger partial charge on any atom is -0.388 e. The molecule has 152 valence electrons. The number of hydrogen-bond acceptors (Lipinski definition) is 2. The number of nitrogens with one attached hydrogen (secondary N) is 1. The molecule has 4 nitrogen and oxygen atoms in total. The molecule has 0 amide bonds. The van der Waals surface area contributed by atoms with Crippen LogP contribution in [0.2, 0.25) is 0 Å². The van der Waals surface area contributed by atoms with Gasteiger partial charge in [-0.25, -0.2) is 0 Å². The molecule has 1 heterocycles. The summed E-state index contributed by atoms with van der Waals surface area (Å²) in [5.74, 6) is 0.725. The van der Waals surface area contributed by atoms with Gasteiger partial charge >= 0.3 is 0 Å². The molecule has 0 aliphatic heterocycles. The Kier molecular flexibility index (Phi) is 8.04. The highest BCUT2D eigenvalue weighted by Gasteiger charge is 2.19. The molecule has 1 aromatic carbocycles. The zero-order chi connectivity index (χ0) is 20.7. The molecule has 0 unspecified atom stereocenters. The van der Waals surface area contributed by atoms with Crippen molar-refractivity contribution in [3.05, 3.63) is 58.4 Å². The van der Waals surface area contributed by atoms with Crippen molar-refractivity contribution in [1.82, 2.24) is 4.57 Å². The lowest BCUT2D eigenvalue weighted by molar-refractivity contribution is 0.663. The molecule has 1 aliphatic carbocycles. The van der Waals surface area contributed by atoms with Crippen LogP contribution in [-0.2, 0) is 13.0 Å². The highest BCUT2D eigenvalue weighted by atomic mass is 15.0. The summed E-state index contributed by atoms with van der Waals surface area (Å²) in [5, 5.41) is 8.19. The van der Waals surface area contributed by atoms with Crippen molar-refractivity contribution < 1.29 is 0 Å². The molecule has 3 rings (SSSR count). The van der Waals surface area contributed by atoms with Gasteiger partial charge in [0.15, 0.2) is 0 Å². The smallest absolute Gasteiger partial charge is 0.0909 e. The highest BCUT2D eigenvalue weighted by molar-refractivity contribution is 5.99. The minimum atomic E-state index is 0.588. The van der Waals surface area contributed by atoms with Crippen molar-refractivity contribution in [2.45, 2.75) is 79.3 Å². The third kappa shape index (κ3) is 6.66. The quantitative estimate of drug-likeness (QED) is 0.493. The molecule has 0 radical (unpaired) electrons. The van der Waals surface area contributed by atoms with Gasteiger partial charge in [0.25, 0.3) is 0 Å². The van der Waals surface area contributed by atoms with E-state index in [2.05, 4.69) is 67.6 Å². The van der Waals surface area contributed by atoms with Crippen LogP contribution >= 0.6 is 0 Å². The Hall–Kier alpha value is -2.36. The molecule has 0 saturated heterocycles. The second-order valence-electron chi connectivity index (χ2n) is 7.90. The lowest BCUT2D eigenvalue weighted by Crippen LogP contribution is -2.07. The number of aliphatic imine (C=N–C) groups is 1. The van der Waals surface area contributed by atoms with Crippen molar-refractivity contribution in [1.29, 1.82) is 5.41 Å². The van der Waals surface area contributed by atoms with Gasteiger partial charge in [0.05, 0.1) is 11.9 Å². The van der Waals surface area contributed by atoms with Crippen LogP contribution in [0.5, 0.6) is 0 Å². The predicted molar refractivity (Wildman–Crippen MR) is 121 cm³/mol. The minimum absolute atomic E-state index is 0.588. The summed E-state index contributed by atoms with van der Waals surface area (Å²) >= 11 is 0. The second kappa shape index (κ2) is 10.3. The number of nitrogens with zero attached hydrogens (tertiary/aromatic N) is 2. The van der Waals surface area contributed by atoms with E-state index in [1.54, 1.807) is 0 Å². The fraction of sp³-hybridized carbons (Fsp3) is 0.500. The summed E-state index contributed by atoms with van der Waals surface area (Å²) in [6, 6.07) is 11.5. The molecule has 0 bridgehead atoms. The molecule has 1 fully saturated rings. The first-order chi connectivity index (χ1) is 13.3. The van der Waals surface area contributed by atoms with E-state index in [4.69, 9.17) is 11.1 Å². The lowest BCUT2D eigenvalue weighted by atomic mass is 10.1. The maximum absolute atomic E-state index is 8.19. The molecule has 1 aliphatic rings. The average molecular weight is 381 g/mol. The van der Waals surface area contributed by atoms with E-state index in [1.165, 1.54) is 35.4 Å². The zero-order valence-electron chi connectivity index (χ0n) is 18.2. The van der Waals surface area contributed by atoms with Gasteiger partial charge in [0, 0.05) is 29.2 Å². The van der Waals surface area contributed by atoms with Crippen molar-refractivity contribution in [3.63, 3.8) is 0 Å².